The molecule has 0 saturated carbocycles. The molecule has 3 N–H and O–H groups in total. The third-order valence-corrected chi connectivity index (χ3v) is 9.40. The number of phosphoric acid groups is 1. The Hall–Kier alpha value is -3.10. The Bertz CT molecular complexity index is 1330. The molecule has 8 nitrogen and oxygen atoms in total. The molecule has 9 heteroatoms. The number of likely N-dealkylation sites (N-methyl/N-ethyl adjacent to an activating group) is 1. The number of unbranched alkanes of at least 4 members (excludes halogenated alkanes) is 5. The molecule has 0 aliphatic carbocycles. The van der Waals surface area contributed by atoms with Crippen LogP contribution in [0.4, 0.5) is 0 Å². The molecule has 0 spiro atoms. The third kappa shape index (κ3) is 40.9. The van der Waals surface area contributed by atoms with Crippen LogP contribution >= 0.6 is 7.82 Å². The number of rotatable bonds is 36. The summed E-state index contributed by atoms with van der Waals surface area (Å²) in [5, 5.41) is 13.6. The van der Waals surface area contributed by atoms with E-state index in [1.807, 2.05) is 27.2 Å². The van der Waals surface area contributed by atoms with Gasteiger partial charge in [0.2, 0.25) is 5.91 Å². The van der Waals surface area contributed by atoms with Gasteiger partial charge in [0.25, 0.3) is 0 Å². The number of nitrogens with zero attached hydrogens (tertiary/aromatic N) is 1. The van der Waals surface area contributed by atoms with Gasteiger partial charge in [-0.25, -0.2) is 4.57 Å². The van der Waals surface area contributed by atoms with Crippen molar-refractivity contribution >= 4 is 13.7 Å². The first kappa shape index (κ1) is 53.9. The highest BCUT2D eigenvalue weighted by atomic mass is 31.2. The molecule has 0 aliphatic rings. The summed E-state index contributed by atoms with van der Waals surface area (Å²) in [6, 6.07) is -0.893. The van der Waals surface area contributed by atoms with Gasteiger partial charge in [0.05, 0.1) is 39.9 Å². The first-order chi connectivity index (χ1) is 27.5. The molecule has 0 aromatic heterocycles. The Balaban J connectivity index is 4.40. The molecule has 3 atom stereocenters. The van der Waals surface area contributed by atoms with E-state index in [1.165, 1.54) is 6.42 Å². The molecule has 3 unspecified atom stereocenters. The summed E-state index contributed by atoms with van der Waals surface area (Å²) in [7, 11) is 1.49. The van der Waals surface area contributed by atoms with Crippen LogP contribution in [0.3, 0.4) is 0 Å². The number of aliphatic hydroxyl groups is 1. The van der Waals surface area contributed by atoms with Crippen LogP contribution in [-0.4, -0.2) is 73.4 Å². The predicted octanol–water partition coefficient (Wildman–Crippen LogP) is 11.9. The zero-order valence-electron chi connectivity index (χ0n) is 36.3. The van der Waals surface area contributed by atoms with Crippen molar-refractivity contribution in [1.29, 1.82) is 0 Å². The summed E-state index contributed by atoms with van der Waals surface area (Å²) in [4.78, 5) is 23.0. The lowest BCUT2D eigenvalue weighted by molar-refractivity contribution is -0.870. The maximum Gasteiger partial charge on any atom is 0.472 e. The zero-order chi connectivity index (χ0) is 42.1. The quantitative estimate of drug-likeness (QED) is 0.0252. The highest BCUT2D eigenvalue weighted by molar-refractivity contribution is 7.47. The van der Waals surface area contributed by atoms with E-state index in [4.69, 9.17) is 9.05 Å². The number of hydrogen-bond acceptors (Lipinski definition) is 5. The Morgan fingerprint density at radius 1 is 0.614 bits per heavy atom. The van der Waals surface area contributed by atoms with Crippen molar-refractivity contribution in [2.45, 2.75) is 135 Å². The normalized spacial score (nSPS) is 15.6. The van der Waals surface area contributed by atoms with E-state index < -0.39 is 20.0 Å². The number of aliphatic hydroxyl groups excluding tert-OH is 1. The van der Waals surface area contributed by atoms with Gasteiger partial charge in [-0.05, 0) is 89.9 Å². The van der Waals surface area contributed by atoms with Gasteiger partial charge in [-0.3, -0.25) is 13.8 Å². The number of carbonyl (C=O) groups excluding carboxylic acids is 1. The third-order valence-electron chi connectivity index (χ3n) is 8.42. The van der Waals surface area contributed by atoms with Crippen molar-refractivity contribution in [1.82, 2.24) is 5.32 Å². The van der Waals surface area contributed by atoms with Crippen LogP contribution in [0.1, 0.15) is 123 Å². The van der Waals surface area contributed by atoms with Crippen molar-refractivity contribution in [3.05, 3.63) is 122 Å². The number of quaternary nitrogens is 1. The van der Waals surface area contributed by atoms with Gasteiger partial charge in [-0.1, -0.05) is 148 Å². The van der Waals surface area contributed by atoms with E-state index in [9.17, 15) is 19.4 Å². The average molecular weight is 812 g/mol. The average Bonchev–Trinajstić information content (AvgIpc) is 3.16. The highest BCUT2D eigenvalue weighted by Crippen LogP contribution is 2.43. The van der Waals surface area contributed by atoms with Crippen LogP contribution in [0.2, 0.25) is 0 Å². The summed E-state index contributed by atoms with van der Waals surface area (Å²) in [5.74, 6) is -0.241. The van der Waals surface area contributed by atoms with E-state index in [1.54, 1.807) is 6.08 Å². The molecular formula is C48H80N2O6P+. The second-order valence-corrected chi connectivity index (χ2v) is 16.4. The Morgan fingerprint density at radius 2 is 1.05 bits per heavy atom. The molecular weight excluding hydrogens is 732 g/mol. The molecule has 0 saturated heterocycles. The maximum absolute atomic E-state index is 12.8. The Morgan fingerprint density at radius 3 is 1.54 bits per heavy atom. The SMILES string of the molecule is CC/C=C\C/C=C\C/C=C\C/C=C\C/C=C\C/C=C\C/C=C\C/C=C\CCCCC(=O)NC(COP(=O)(O)OCC[N+](C)(C)C)C(O)/C=C/CC/C=C/CCCC. The van der Waals surface area contributed by atoms with Crippen LogP contribution in [-0.2, 0) is 18.4 Å². The lowest BCUT2D eigenvalue weighted by atomic mass is 10.1. The molecule has 1 amide bonds. The van der Waals surface area contributed by atoms with E-state index >= 15 is 0 Å². The van der Waals surface area contributed by atoms with Gasteiger partial charge >= 0.3 is 7.82 Å². The topological polar surface area (TPSA) is 105 Å². The standard InChI is InChI=1S/C48H79N2O6P/c1-6-8-10-12-14-16-17-18-19-20-21-22-23-24-25-26-27-28-29-30-31-32-33-34-36-38-40-42-48(52)49-46(45-56-57(53,54)55-44-43-50(3,4)5)47(51)41-39-37-35-15-13-11-9-7-2/h8,10,13-16,18-19,21-22,24-25,27-28,30-31,33-34,39,41,46-47,51H,6-7,9,11-12,17,20,23,26,29,32,35-38,40,42-45H2,1-5H3,(H-,49,52,53,54)/p+1/b10-8-,15-13+,16-14-,19-18-,22-21-,25-24-,28-27-,31-30-,34-33-,41-39+. The summed E-state index contributed by atoms with van der Waals surface area (Å²) in [5.41, 5.74) is 0. The van der Waals surface area contributed by atoms with E-state index in [2.05, 4.69) is 129 Å². The second-order valence-electron chi connectivity index (χ2n) is 15.0. The molecule has 0 bridgehead atoms. The largest absolute Gasteiger partial charge is 0.472 e. The molecule has 0 aliphatic heterocycles. The van der Waals surface area contributed by atoms with Gasteiger partial charge in [0.1, 0.15) is 13.2 Å². The minimum atomic E-state index is -4.36. The van der Waals surface area contributed by atoms with Gasteiger partial charge in [0, 0.05) is 6.42 Å². The number of phosphoric ester groups is 1. The lowest BCUT2D eigenvalue weighted by Gasteiger charge is -2.25. The summed E-state index contributed by atoms with van der Waals surface area (Å²) < 4.78 is 23.4. The summed E-state index contributed by atoms with van der Waals surface area (Å²) in [6.07, 6.45) is 57.3. The number of nitrogens with one attached hydrogen (secondary N) is 1. The molecule has 0 aromatic rings. The molecule has 0 fully saturated rings. The van der Waals surface area contributed by atoms with Crippen LogP contribution in [0, 0.1) is 0 Å². The van der Waals surface area contributed by atoms with E-state index in [-0.39, 0.29) is 25.5 Å². The Labute approximate surface area is 348 Å². The molecule has 57 heavy (non-hydrogen) atoms. The molecule has 0 rings (SSSR count). The van der Waals surface area contributed by atoms with Crippen molar-refractivity contribution in [3.63, 3.8) is 0 Å². The summed E-state index contributed by atoms with van der Waals surface area (Å²) in [6.45, 7) is 4.52. The van der Waals surface area contributed by atoms with Gasteiger partial charge < -0.3 is 19.8 Å². The lowest BCUT2D eigenvalue weighted by Crippen LogP contribution is -2.45. The van der Waals surface area contributed by atoms with Crippen LogP contribution in [0.5, 0.6) is 0 Å². The van der Waals surface area contributed by atoms with E-state index in [0.29, 0.717) is 17.4 Å². The smallest absolute Gasteiger partial charge is 0.387 e. The van der Waals surface area contributed by atoms with Gasteiger partial charge in [0.15, 0.2) is 0 Å². The molecule has 0 radical (unpaired) electrons. The Kier molecular flexibility index (Phi) is 36.3. The highest BCUT2D eigenvalue weighted by Gasteiger charge is 2.27. The van der Waals surface area contributed by atoms with Crippen LogP contribution < -0.4 is 5.32 Å². The fourth-order valence-corrected chi connectivity index (χ4v) is 5.73. The summed E-state index contributed by atoms with van der Waals surface area (Å²) >= 11 is 0. The maximum atomic E-state index is 12.8. The van der Waals surface area contributed by atoms with Crippen molar-refractivity contribution < 1.29 is 32.9 Å². The zero-order valence-corrected chi connectivity index (χ0v) is 37.2. The minimum absolute atomic E-state index is 0.0393. The molecule has 0 heterocycles. The first-order valence-corrected chi connectivity index (χ1v) is 22.9. The first-order valence-electron chi connectivity index (χ1n) is 21.4. The van der Waals surface area contributed by atoms with E-state index in [0.717, 1.165) is 89.9 Å². The van der Waals surface area contributed by atoms with Crippen molar-refractivity contribution in [2.24, 2.45) is 0 Å². The number of amides is 1. The predicted molar refractivity (Wildman–Crippen MR) is 244 cm³/mol. The second kappa shape index (κ2) is 38.4. The van der Waals surface area contributed by atoms with Crippen molar-refractivity contribution in [3.8, 4) is 0 Å². The van der Waals surface area contributed by atoms with Gasteiger partial charge in [-0.15, -0.1) is 0 Å². The van der Waals surface area contributed by atoms with Crippen LogP contribution in [0.15, 0.2) is 122 Å². The fourth-order valence-electron chi connectivity index (χ4n) is 5.00. The molecule has 0 aromatic carbocycles. The minimum Gasteiger partial charge on any atom is -0.387 e. The van der Waals surface area contributed by atoms with Crippen molar-refractivity contribution in [2.75, 3.05) is 40.9 Å². The number of hydrogen-bond donors (Lipinski definition) is 3. The van der Waals surface area contributed by atoms with Crippen LogP contribution in [0.25, 0.3) is 0 Å². The fraction of sp³-hybridized carbons (Fsp3) is 0.562. The number of allylic oxidation sites excluding steroid dienone is 19. The van der Waals surface area contributed by atoms with Gasteiger partial charge in [-0.2, -0.15) is 0 Å². The number of carbonyl (C=O) groups is 1. The molecule has 322 valence electrons. The monoisotopic (exact) mass is 812 g/mol.